The van der Waals surface area contributed by atoms with Crippen molar-refractivity contribution in [2.75, 3.05) is 26.2 Å². The van der Waals surface area contributed by atoms with Crippen molar-refractivity contribution in [1.29, 1.82) is 0 Å². The molecule has 1 fully saturated rings. The first-order valence-corrected chi connectivity index (χ1v) is 7.81. The molecule has 23 heavy (non-hydrogen) atoms. The van der Waals surface area contributed by atoms with E-state index in [1.165, 1.54) is 0 Å². The van der Waals surface area contributed by atoms with Crippen LogP contribution in [0, 0.1) is 6.92 Å². The Balaban J connectivity index is 1.84. The Bertz CT molecular complexity index is 592. The van der Waals surface area contributed by atoms with E-state index < -0.39 is 5.97 Å². The van der Waals surface area contributed by atoms with Crippen molar-refractivity contribution in [3.05, 3.63) is 35.4 Å². The molecule has 0 unspecified atom stereocenters. The first-order valence-electron chi connectivity index (χ1n) is 7.81. The van der Waals surface area contributed by atoms with Gasteiger partial charge in [0.2, 0.25) is 5.91 Å². The molecule has 6 nitrogen and oxygen atoms in total. The van der Waals surface area contributed by atoms with E-state index in [-0.39, 0.29) is 24.7 Å². The van der Waals surface area contributed by atoms with Gasteiger partial charge in [0, 0.05) is 44.1 Å². The fourth-order valence-corrected chi connectivity index (χ4v) is 2.68. The van der Waals surface area contributed by atoms with Crippen molar-refractivity contribution >= 4 is 17.8 Å². The summed E-state index contributed by atoms with van der Waals surface area (Å²) in [6.45, 7) is 3.88. The second kappa shape index (κ2) is 7.76. The summed E-state index contributed by atoms with van der Waals surface area (Å²) in [5.74, 6) is -1.20. The Morgan fingerprint density at radius 2 is 1.61 bits per heavy atom. The van der Waals surface area contributed by atoms with Gasteiger partial charge in [0.15, 0.2) is 0 Å². The number of rotatable bonds is 5. The molecule has 1 aliphatic rings. The summed E-state index contributed by atoms with van der Waals surface area (Å²) < 4.78 is 0. The van der Waals surface area contributed by atoms with Crippen LogP contribution in [0.2, 0.25) is 0 Å². The van der Waals surface area contributed by atoms with Crippen LogP contribution in [0.4, 0.5) is 0 Å². The normalized spacial score (nSPS) is 14.7. The molecule has 1 aromatic carbocycles. The number of hydrogen-bond donors (Lipinski definition) is 0. The lowest BCUT2D eigenvalue weighted by Crippen LogP contribution is -2.50. The molecule has 0 spiro atoms. The fraction of sp³-hybridized carbons (Fsp3) is 0.471. The summed E-state index contributed by atoms with van der Waals surface area (Å²) in [6, 6.07) is 7.46. The predicted molar refractivity (Wildman–Crippen MR) is 82.5 cm³/mol. The maximum atomic E-state index is 12.5. The largest absolute Gasteiger partial charge is 0.550 e. The van der Waals surface area contributed by atoms with Gasteiger partial charge in [0.05, 0.1) is 0 Å². The fourth-order valence-electron chi connectivity index (χ4n) is 2.68. The molecule has 0 aromatic heterocycles. The van der Waals surface area contributed by atoms with Crippen molar-refractivity contribution in [2.45, 2.75) is 26.2 Å². The summed E-state index contributed by atoms with van der Waals surface area (Å²) in [5, 5.41) is 10.4. The van der Waals surface area contributed by atoms with E-state index in [1.807, 2.05) is 31.2 Å². The topological polar surface area (TPSA) is 80.8 Å². The molecule has 0 saturated carbocycles. The van der Waals surface area contributed by atoms with Gasteiger partial charge < -0.3 is 19.7 Å². The molecule has 1 aromatic rings. The first-order chi connectivity index (χ1) is 11.0. The number of carboxylic acid groups (broad SMARTS) is 1. The van der Waals surface area contributed by atoms with Crippen LogP contribution in [-0.2, 0) is 9.59 Å². The molecule has 1 saturated heterocycles. The number of carbonyl (C=O) groups is 3. The highest BCUT2D eigenvalue weighted by molar-refractivity contribution is 5.95. The number of amides is 2. The molecule has 0 aliphatic carbocycles. The molecule has 0 N–H and O–H groups in total. The standard InChI is InChI=1S/C17H22N2O4/c1-13-5-2-3-6-14(13)17(23)19-11-9-18(10-12-19)15(20)7-4-8-16(21)22/h2-3,5-6H,4,7-12H2,1H3,(H,21,22)/p-1. The third-order valence-electron chi connectivity index (χ3n) is 4.07. The van der Waals surface area contributed by atoms with Crippen LogP contribution in [0.5, 0.6) is 0 Å². The van der Waals surface area contributed by atoms with Gasteiger partial charge >= 0.3 is 0 Å². The lowest BCUT2D eigenvalue weighted by atomic mass is 10.1. The zero-order valence-electron chi connectivity index (χ0n) is 13.3. The number of piperazine rings is 1. The Labute approximate surface area is 135 Å². The van der Waals surface area contributed by atoms with E-state index in [4.69, 9.17) is 0 Å². The minimum Gasteiger partial charge on any atom is -0.550 e. The lowest BCUT2D eigenvalue weighted by Gasteiger charge is -2.35. The quantitative estimate of drug-likeness (QED) is 0.777. The van der Waals surface area contributed by atoms with Gasteiger partial charge in [-0.1, -0.05) is 18.2 Å². The Morgan fingerprint density at radius 1 is 1.00 bits per heavy atom. The zero-order chi connectivity index (χ0) is 16.8. The number of aryl methyl sites for hydroxylation is 1. The summed E-state index contributed by atoms with van der Waals surface area (Å²) >= 11 is 0. The third kappa shape index (κ3) is 4.55. The number of aliphatic carboxylic acids is 1. The molecular formula is C17H21N2O4-. The van der Waals surface area contributed by atoms with Gasteiger partial charge in [0.1, 0.15) is 0 Å². The van der Waals surface area contributed by atoms with Crippen molar-refractivity contribution in [2.24, 2.45) is 0 Å². The molecule has 124 valence electrons. The van der Waals surface area contributed by atoms with Gasteiger partial charge in [-0.25, -0.2) is 0 Å². The molecule has 0 bridgehead atoms. The van der Waals surface area contributed by atoms with Gasteiger partial charge in [-0.15, -0.1) is 0 Å². The van der Waals surface area contributed by atoms with Crippen LogP contribution >= 0.6 is 0 Å². The highest BCUT2D eigenvalue weighted by Gasteiger charge is 2.25. The zero-order valence-corrected chi connectivity index (χ0v) is 13.3. The predicted octanol–water partition coefficient (Wildman–Crippen LogP) is 0.200. The molecule has 0 atom stereocenters. The highest BCUT2D eigenvalue weighted by atomic mass is 16.4. The molecule has 0 radical (unpaired) electrons. The average Bonchev–Trinajstić information content (AvgIpc) is 2.54. The average molecular weight is 317 g/mol. The van der Waals surface area contributed by atoms with Gasteiger partial charge in [-0.3, -0.25) is 9.59 Å². The minimum absolute atomic E-state index is 0.00727. The molecule has 6 heteroatoms. The van der Waals surface area contributed by atoms with Crippen LogP contribution in [-0.4, -0.2) is 53.8 Å². The maximum absolute atomic E-state index is 12.5. The Morgan fingerprint density at radius 3 is 2.22 bits per heavy atom. The van der Waals surface area contributed by atoms with Crippen LogP contribution in [0.15, 0.2) is 24.3 Å². The summed E-state index contributed by atoms with van der Waals surface area (Å²) in [6.07, 6.45) is 0.403. The van der Waals surface area contributed by atoms with Crippen molar-refractivity contribution in [3.63, 3.8) is 0 Å². The third-order valence-corrected chi connectivity index (χ3v) is 4.07. The smallest absolute Gasteiger partial charge is 0.254 e. The van der Waals surface area contributed by atoms with Crippen LogP contribution in [0.25, 0.3) is 0 Å². The van der Waals surface area contributed by atoms with Crippen molar-refractivity contribution in [1.82, 2.24) is 9.80 Å². The number of carboxylic acids is 1. The molecule has 1 aliphatic heterocycles. The van der Waals surface area contributed by atoms with E-state index >= 15 is 0 Å². The number of hydrogen-bond acceptors (Lipinski definition) is 4. The molecule has 1 heterocycles. The number of carbonyl (C=O) groups excluding carboxylic acids is 3. The number of benzene rings is 1. The van der Waals surface area contributed by atoms with E-state index in [2.05, 4.69) is 0 Å². The van der Waals surface area contributed by atoms with Crippen molar-refractivity contribution in [3.8, 4) is 0 Å². The van der Waals surface area contributed by atoms with Gasteiger partial charge in [-0.05, 0) is 31.4 Å². The molecule has 2 amide bonds. The lowest BCUT2D eigenvalue weighted by molar-refractivity contribution is -0.305. The van der Waals surface area contributed by atoms with Crippen molar-refractivity contribution < 1.29 is 19.5 Å². The van der Waals surface area contributed by atoms with E-state index in [9.17, 15) is 19.5 Å². The Kier molecular flexibility index (Phi) is 5.73. The minimum atomic E-state index is -1.13. The maximum Gasteiger partial charge on any atom is 0.254 e. The van der Waals surface area contributed by atoms with Gasteiger partial charge in [-0.2, -0.15) is 0 Å². The first kappa shape index (κ1) is 17.0. The SMILES string of the molecule is Cc1ccccc1C(=O)N1CCN(C(=O)CCCC(=O)[O-])CC1. The highest BCUT2D eigenvalue weighted by Crippen LogP contribution is 2.13. The monoisotopic (exact) mass is 317 g/mol. The van der Waals surface area contributed by atoms with Gasteiger partial charge in [0.25, 0.3) is 5.91 Å². The van der Waals surface area contributed by atoms with E-state index in [1.54, 1.807) is 9.80 Å². The molecule has 2 rings (SSSR count). The summed E-state index contributed by atoms with van der Waals surface area (Å²) in [4.78, 5) is 38.3. The summed E-state index contributed by atoms with van der Waals surface area (Å²) in [7, 11) is 0. The van der Waals surface area contributed by atoms with E-state index in [0.717, 1.165) is 5.56 Å². The number of nitrogens with zero attached hydrogens (tertiary/aromatic N) is 2. The van der Waals surface area contributed by atoms with Crippen LogP contribution in [0.3, 0.4) is 0 Å². The Hall–Kier alpha value is -2.37. The van der Waals surface area contributed by atoms with Crippen LogP contribution < -0.4 is 5.11 Å². The summed E-state index contributed by atoms with van der Waals surface area (Å²) in [5.41, 5.74) is 1.64. The van der Waals surface area contributed by atoms with Crippen LogP contribution in [0.1, 0.15) is 35.2 Å². The second-order valence-electron chi connectivity index (χ2n) is 5.71. The second-order valence-corrected chi connectivity index (χ2v) is 5.71. The van der Waals surface area contributed by atoms with E-state index in [0.29, 0.717) is 38.2 Å². The molecular weight excluding hydrogens is 296 g/mol.